The van der Waals surface area contributed by atoms with Crippen molar-refractivity contribution in [3.8, 4) is 0 Å². The molecule has 4 nitrogen and oxygen atoms in total. The van der Waals surface area contributed by atoms with Gasteiger partial charge in [-0.1, -0.05) is 0 Å². The maximum atomic E-state index is 12.1. The number of hydrogen-bond donors (Lipinski definition) is 1. The normalized spacial score (nSPS) is 10.6. The van der Waals surface area contributed by atoms with Crippen LogP contribution >= 0.6 is 0 Å². The van der Waals surface area contributed by atoms with Gasteiger partial charge in [0, 0.05) is 31.6 Å². The van der Waals surface area contributed by atoms with Crippen molar-refractivity contribution in [2.24, 2.45) is 0 Å². The van der Waals surface area contributed by atoms with Gasteiger partial charge < -0.3 is 10.0 Å². The van der Waals surface area contributed by atoms with Crippen LogP contribution in [-0.4, -0.2) is 40.1 Å². The van der Waals surface area contributed by atoms with Crippen LogP contribution in [0.15, 0.2) is 24.5 Å². The van der Waals surface area contributed by atoms with Crippen molar-refractivity contribution in [1.29, 1.82) is 0 Å². The lowest BCUT2D eigenvalue weighted by Crippen LogP contribution is -2.39. The first-order chi connectivity index (χ1) is 8.15. The molecule has 0 saturated carbocycles. The van der Waals surface area contributed by atoms with Crippen LogP contribution in [0, 0.1) is 0 Å². The SMILES string of the molecule is CC(C)N(CCCO)C(=O)Cc1ccncc1. The summed E-state index contributed by atoms with van der Waals surface area (Å²) >= 11 is 0. The summed E-state index contributed by atoms with van der Waals surface area (Å²) in [6, 6.07) is 3.86. The van der Waals surface area contributed by atoms with Gasteiger partial charge in [-0.15, -0.1) is 0 Å². The molecule has 0 aliphatic carbocycles. The van der Waals surface area contributed by atoms with E-state index in [0.717, 1.165) is 5.56 Å². The van der Waals surface area contributed by atoms with Crippen LogP contribution in [0.3, 0.4) is 0 Å². The highest BCUT2D eigenvalue weighted by atomic mass is 16.3. The van der Waals surface area contributed by atoms with Crippen molar-refractivity contribution in [3.63, 3.8) is 0 Å². The summed E-state index contributed by atoms with van der Waals surface area (Å²) in [5, 5.41) is 8.82. The predicted octanol–water partition coefficient (Wildman–Crippen LogP) is 1.24. The van der Waals surface area contributed by atoms with Gasteiger partial charge in [-0.05, 0) is 38.0 Å². The van der Waals surface area contributed by atoms with E-state index in [1.165, 1.54) is 0 Å². The third-order valence-electron chi connectivity index (χ3n) is 2.61. The number of nitrogens with zero attached hydrogens (tertiary/aromatic N) is 2. The van der Waals surface area contributed by atoms with E-state index in [-0.39, 0.29) is 18.6 Å². The lowest BCUT2D eigenvalue weighted by Gasteiger charge is -2.26. The monoisotopic (exact) mass is 236 g/mol. The zero-order valence-electron chi connectivity index (χ0n) is 10.5. The van der Waals surface area contributed by atoms with Gasteiger partial charge in [0.15, 0.2) is 0 Å². The van der Waals surface area contributed by atoms with Crippen LogP contribution in [0.4, 0.5) is 0 Å². The van der Waals surface area contributed by atoms with E-state index in [4.69, 9.17) is 5.11 Å². The Hall–Kier alpha value is -1.42. The lowest BCUT2D eigenvalue weighted by molar-refractivity contribution is -0.132. The molecule has 1 heterocycles. The molecule has 0 radical (unpaired) electrons. The Morgan fingerprint density at radius 3 is 2.59 bits per heavy atom. The molecule has 0 aliphatic rings. The summed E-state index contributed by atoms with van der Waals surface area (Å²) < 4.78 is 0. The summed E-state index contributed by atoms with van der Waals surface area (Å²) in [5.74, 6) is 0.0969. The van der Waals surface area contributed by atoms with Crippen LogP contribution in [0.2, 0.25) is 0 Å². The van der Waals surface area contributed by atoms with E-state index >= 15 is 0 Å². The molecular weight excluding hydrogens is 216 g/mol. The van der Waals surface area contributed by atoms with Crippen molar-refractivity contribution in [2.45, 2.75) is 32.7 Å². The number of aliphatic hydroxyl groups excluding tert-OH is 1. The highest BCUT2D eigenvalue weighted by Gasteiger charge is 2.16. The molecule has 1 aromatic heterocycles. The van der Waals surface area contributed by atoms with Gasteiger partial charge in [0.1, 0.15) is 0 Å². The molecule has 0 unspecified atom stereocenters. The van der Waals surface area contributed by atoms with E-state index in [0.29, 0.717) is 19.4 Å². The molecule has 0 fully saturated rings. The lowest BCUT2D eigenvalue weighted by atomic mass is 10.1. The van der Waals surface area contributed by atoms with E-state index < -0.39 is 0 Å². The van der Waals surface area contributed by atoms with E-state index in [1.807, 2.05) is 26.0 Å². The number of carbonyl (C=O) groups is 1. The number of aliphatic hydroxyl groups is 1. The summed E-state index contributed by atoms with van der Waals surface area (Å²) in [6.07, 6.45) is 4.40. The largest absolute Gasteiger partial charge is 0.396 e. The first-order valence-electron chi connectivity index (χ1n) is 5.94. The van der Waals surface area contributed by atoms with Crippen LogP contribution in [0.1, 0.15) is 25.8 Å². The molecule has 0 saturated heterocycles. The minimum absolute atomic E-state index is 0.0969. The molecule has 0 bridgehead atoms. The van der Waals surface area contributed by atoms with Gasteiger partial charge in [-0.2, -0.15) is 0 Å². The van der Waals surface area contributed by atoms with Gasteiger partial charge in [-0.25, -0.2) is 0 Å². The van der Waals surface area contributed by atoms with Gasteiger partial charge in [-0.3, -0.25) is 9.78 Å². The third kappa shape index (κ3) is 4.53. The number of carbonyl (C=O) groups excluding carboxylic acids is 1. The second-order valence-corrected chi connectivity index (χ2v) is 4.29. The average Bonchev–Trinajstić information content (AvgIpc) is 2.30. The molecule has 1 rings (SSSR count). The van der Waals surface area contributed by atoms with Crippen molar-refractivity contribution in [1.82, 2.24) is 9.88 Å². The van der Waals surface area contributed by atoms with Crippen LogP contribution in [0.5, 0.6) is 0 Å². The number of aromatic nitrogens is 1. The fourth-order valence-electron chi connectivity index (χ4n) is 1.69. The van der Waals surface area contributed by atoms with Crippen molar-refractivity contribution in [2.75, 3.05) is 13.2 Å². The molecule has 0 spiro atoms. The van der Waals surface area contributed by atoms with E-state index in [1.54, 1.807) is 17.3 Å². The Bertz CT molecular complexity index is 339. The van der Waals surface area contributed by atoms with E-state index in [2.05, 4.69) is 4.98 Å². The van der Waals surface area contributed by atoms with E-state index in [9.17, 15) is 4.79 Å². The second kappa shape index (κ2) is 7.01. The molecule has 1 aromatic rings. The topological polar surface area (TPSA) is 53.4 Å². The Kier molecular flexibility index (Phi) is 5.63. The molecule has 1 N–H and O–H groups in total. The second-order valence-electron chi connectivity index (χ2n) is 4.29. The summed E-state index contributed by atoms with van der Waals surface area (Å²) in [4.78, 5) is 17.8. The van der Waals surface area contributed by atoms with Gasteiger partial charge in [0.25, 0.3) is 0 Å². The van der Waals surface area contributed by atoms with Crippen LogP contribution in [0.25, 0.3) is 0 Å². The first kappa shape index (κ1) is 13.6. The number of rotatable bonds is 6. The Labute approximate surface area is 102 Å². The fraction of sp³-hybridized carbons (Fsp3) is 0.538. The summed E-state index contributed by atoms with van der Waals surface area (Å²) in [7, 11) is 0. The quantitative estimate of drug-likeness (QED) is 0.808. The molecule has 17 heavy (non-hydrogen) atoms. The number of hydrogen-bond acceptors (Lipinski definition) is 3. The highest BCUT2D eigenvalue weighted by Crippen LogP contribution is 2.06. The minimum atomic E-state index is 0.0969. The maximum absolute atomic E-state index is 12.1. The molecule has 4 heteroatoms. The minimum Gasteiger partial charge on any atom is -0.396 e. The highest BCUT2D eigenvalue weighted by molar-refractivity contribution is 5.79. The van der Waals surface area contributed by atoms with Gasteiger partial charge in [0.05, 0.1) is 6.42 Å². The molecule has 94 valence electrons. The molecule has 0 aliphatic heterocycles. The summed E-state index contributed by atoms with van der Waals surface area (Å²) in [6.45, 7) is 4.70. The van der Waals surface area contributed by atoms with Crippen LogP contribution < -0.4 is 0 Å². The Balaban J connectivity index is 2.59. The average molecular weight is 236 g/mol. The molecular formula is C13H20N2O2. The third-order valence-corrected chi connectivity index (χ3v) is 2.61. The van der Waals surface area contributed by atoms with Crippen molar-refractivity contribution in [3.05, 3.63) is 30.1 Å². The summed E-state index contributed by atoms with van der Waals surface area (Å²) in [5.41, 5.74) is 0.972. The molecule has 0 aromatic carbocycles. The Morgan fingerprint density at radius 1 is 1.41 bits per heavy atom. The number of pyridine rings is 1. The standard InChI is InChI=1S/C13H20N2O2/c1-11(2)15(8-3-9-16)13(17)10-12-4-6-14-7-5-12/h4-7,11,16H,3,8-10H2,1-2H3. The zero-order chi connectivity index (χ0) is 12.7. The maximum Gasteiger partial charge on any atom is 0.227 e. The van der Waals surface area contributed by atoms with Crippen molar-refractivity contribution >= 4 is 5.91 Å². The first-order valence-corrected chi connectivity index (χ1v) is 5.94. The van der Waals surface area contributed by atoms with Crippen LogP contribution in [-0.2, 0) is 11.2 Å². The predicted molar refractivity (Wildman–Crippen MR) is 66.5 cm³/mol. The number of amides is 1. The zero-order valence-corrected chi connectivity index (χ0v) is 10.5. The molecule has 1 amide bonds. The smallest absolute Gasteiger partial charge is 0.227 e. The van der Waals surface area contributed by atoms with Gasteiger partial charge >= 0.3 is 0 Å². The molecule has 0 atom stereocenters. The van der Waals surface area contributed by atoms with Gasteiger partial charge in [0.2, 0.25) is 5.91 Å². The Morgan fingerprint density at radius 2 is 2.06 bits per heavy atom. The van der Waals surface area contributed by atoms with Crippen molar-refractivity contribution < 1.29 is 9.90 Å². The fourth-order valence-corrected chi connectivity index (χ4v) is 1.69.